The van der Waals surface area contributed by atoms with Crippen molar-refractivity contribution in [2.75, 3.05) is 11.2 Å². The number of hydrogen-bond donors (Lipinski definition) is 4. The summed E-state index contributed by atoms with van der Waals surface area (Å²) in [5.74, 6) is 0.00689. The van der Waals surface area contributed by atoms with Gasteiger partial charge < -0.3 is 11.5 Å². The number of amidine groups is 1. The Hall–Kier alpha value is -4.78. The Morgan fingerprint density at radius 1 is 0.886 bits per heavy atom. The van der Waals surface area contributed by atoms with Crippen molar-refractivity contribution < 1.29 is 4.57 Å². The number of nitrogens with two attached hydrogens (primary N) is 2. The van der Waals surface area contributed by atoms with E-state index in [0.717, 1.165) is 50.9 Å². The van der Waals surface area contributed by atoms with E-state index >= 15 is 0 Å². The van der Waals surface area contributed by atoms with Crippen LogP contribution < -0.4 is 21.5 Å². The third kappa shape index (κ3) is 4.27. The van der Waals surface area contributed by atoms with Crippen LogP contribution in [0.15, 0.2) is 101 Å². The first-order chi connectivity index (χ1) is 17.0. The SMILES string of the molecule is CC[n+]1c(-c2ccccc2)c2cc(N)ccc2c2ccc(N=NNc3cccc(C(=N)N)c3)cc21. The van der Waals surface area contributed by atoms with Crippen LogP contribution in [0.4, 0.5) is 17.1 Å². The average molecular weight is 461 g/mol. The van der Waals surface area contributed by atoms with Gasteiger partial charge in [-0.25, -0.2) is 0 Å². The number of aryl methyl sites for hydroxylation is 1. The monoisotopic (exact) mass is 460 g/mol. The second kappa shape index (κ2) is 9.23. The average Bonchev–Trinajstić information content (AvgIpc) is 2.88. The van der Waals surface area contributed by atoms with Crippen LogP contribution in [0.3, 0.4) is 0 Å². The van der Waals surface area contributed by atoms with Gasteiger partial charge in [0.15, 0.2) is 0 Å². The van der Waals surface area contributed by atoms with Gasteiger partial charge in [-0.15, -0.1) is 5.11 Å². The molecule has 0 saturated carbocycles. The Balaban J connectivity index is 1.62. The van der Waals surface area contributed by atoms with E-state index < -0.39 is 0 Å². The van der Waals surface area contributed by atoms with Gasteiger partial charge in [-0.05, 0) is 55.5 Å². The van der Waals surface area contributed by atoms with Crippen LogP contribution in [0.1, 0.15) is 12.5 Å². The number of nitrogen functional groups attached to an aromatic ring is 2. The molecule has 5 rings (SSSR count). The summed E-state index contributed by atoms with van der Waals surface area (Å²) in [6.07, 6.45) is 0. The minimum atomic E-state index is 0.00689. The molecule has 0 radical (unpaired) electrons. The summed E-state index contributed by atoms with van der Waals surface area (Å²) in [5, 5.41) is 19.5. The van der Waals surface area contributed by atoms with Gasteiger partial charge in [-0.2, -0.15) is 4.57 Å². The lowest BCUT2D eigenvalue weighted by molar-refractivity contribution is -0.655. The maximum absolute atomic E-state index is 7.59. The second-order valence-electron chi connectivity index (χ2n) is 8.27. The van der Waals surface area contributed by atoms with Gasteiger partial charge in [0, 0.05) is 28.3 Å². The predicted molar refractivity (Wildman–Crippen MR) is 143 cm³/mol. The molecule has 0 unspecified atom stereocenters. The Bertz CT molecular complexity index is 1590. The van der Waals surface area contributed by atoms with Gasteiger partial charge in [-0.3, -0.25) is 10.8 Å². The van der Waals surface area contributed by atoms with Crippen LogP contribution in [-0.2, 0) is 6.54 Å². The fourth-order valence-corrected chi connectivity index (χ4v) is 4.42. The van der Waals surface area contributed by atoms with E-state index in [0.29, 0.717) is 11.3 Å². The summed E-state index contributed by atoms with van der Waals surface area (Å²) < 4.78 is 2.30. The molecule has 35 heavy (non-hydrogen) atoms. The van der Waals surface area contributed by atoms with Crippen LogP contribution in [0, 0.1) is 5.41 Å². The minimum absolute atomic E-state index is 0.00689. The van der Waals surface area contributed by atoms with Crippen molar-refractivity contribution in [3.63, 3.8) is 0 Å². The molecular weight excluding hydrogens is 434 g/mol. The topological polar surface area (TPSA) is 117 Å². The molecule has 0 spiro atoms. The molecule has 172 valence electrons. The lowest BCUT2D eigenvalue weighted by Gasteiger charge is -2.12. The largest absolute Gasteiger partial charge is 0.399 e. The molecule has 0 atom stereocenters. The van der Waals surface area contributed by atoms with Crippen LogP contribution in [0.5, 0.6) is 0 Å². The number of nitrogens with one attached hydrogen (secondary N) is 2. The van der Waals surface area contributed by atoms with Crippen LogP contribution in [-0.4, -0.2) is 5.84 Å². The van der Waals surface area contributed by atoms with Crippen molar-refractivity contribution in [3.8, 4) is 11.3 Å². The number of benzene rings is 4. The summed E-state index contributed by atoms with van der Waals surface area (Å²) in [7, 11) is 0. The van der Waals surface area contributed by atoms with Gasteiger partial charge in [0.2, 0.25) is 11.2 Å². The first kappa shape index (κ1) is 22.0. The van der Waals surface area contributed by atoms with Gasteiger partial charge in [0.1, 0.15) is 12.4 Å². The van der Waals surface area contributed by atoms with Crippen molar-refractivity contribution in [1.29, 1.82) is 5.41 Å². The zero-order chi connectivity index (χ0) is 24.4. The lowest BCUT2D eigenvalue weighted by Crippen LogP contribution is -2.36. The number of fused-ring (bicyclic) bond motifs is 3. The quantitative estimate of drug-likeness (QED) is 0.0477. The molecule has 4 aromatic carbocycles. The van der Waals surface area contributed by atoms with E-state index in [9.17, 15) is 0 Å². The molecule has 6 N–H and O–H groups in total. The molecule has 7 heteroatoms. The molecule has 0 amide bonds. The Morgan fingerprint density at radius 2 is 1.69 bits per heavy atom. The van der Waals surface area contributed by atoms with Crippen LogP contribution in [0.25, 0.3) is 32.9 Å². The standard InChI is InChI=1S/C28H25N7/c1-2-35-26-17-22(33-34-32-21-10-6-9-19(15-21)28(30)31)12-14-24(26)23-13-11-20(29)16-25(23)27(35)18-7-4-3-5-8-18/h3-17H,2,29H2,1H3,(H3,30,31)/p+1. The van der Waals surface area contributed by atoms with Gasteiger partial charge in [0.05, 0.1) is 22.1 Å². The van der Waals surface area contributed by atoms with E-state index in [1.807, 2.05) is 30.3 Å². The molecule has 0 aliphatic carbocycles. The highest BCUT2D eigenvalue weighted by molar-refractivity contribution is 6.10. The van der Waals surface area contributed by atoms with E-state index in [1.165, 1.54) is 0 Å². The van der Waals surface area contributed by atoms with E-state index in [4.69, 9.17) is 16.9 Å². The Kier molecular flexibility index (Phi) is 5.81. The zero-order valence-corrected chi connectivity index (χ0v) is 19.4. The first-order valence-corrected chi connectivity index (χ1v) is 11.4. The predicted octanol–water partition coefficient (Wildman–Crippen LogP) is 5.94. The summed E-state index contributed by atoms with van der Waals surface area (Å²) in [6.45, 7) is 2.92. The van der Waals surface area contributed by atoms with Gasteiger partial charge in [0.25, 0.3) is 0 Å². The molecule has 0 aliphatic heterocycles. The summed E-state index contributed by atoms with van der Waals surface area (Å²) in [6, 6.07) is 29.8. The molecule has 1 heterocycles. The number of pyridine rings is 1. The van der Waals surface area contributed by atoms with Crippen LogP contribution in [0.2, 0.25) is 0 Å². The smallest absolute Gasteiger partial charge is 0.220 e. The van der Waals surface area contributed by atoms with Gasteiger partial charge >= 0.3 is 0 Å². The van der Waals surface area contributed by atoms with Gasteiger partial charge in [-0.1, -0.05) is 41.6 Å². The normalized spacial score (nSPS) is 11.3. The van der Waals surface area contributed by atoms with E-state index in [-0.39, 0.29) is 5.84 Å². The number of anilines is 2. The molecule has 0 fully saturated rings. The first-order valence-electron chi connectivity index (χ1n) is 11.4. The second-order valence-corrected chi connectivity index (χ2v) is 8.27. The summed E-state index contributed by atoms with van der Waals surface area (Å²) in [5.41, 5.74) is 20.8. The zero-order valence-electron chi connectivity index (χ0n) is 19.4. The van der Waals surface area contributed by atoms with E-state index in [2.05, 4.69) is 75.8 Å². The lowest BCUT2D eigenvalue weighted by atomic mass is 9.98. The maximum atomic E-state index is 7.59. The Morgan fingerprint density at radius 3 is 2.46 bits per heavy atom. The molecule has 5 aromatic rings. The van der Waals surface area contributed by atoms with Crippen LogP contribution >= 0.6 is 0 Å². The molecule has 1 aromatic heterocycles. The maximum Gasteiger partial charge on any atom is 0.220 e. The third-order valence-electron chi connectivity index (χ3n) is 6.01. The summed E-state index contributed by atoms with van der Waals surface area (Å²) in [4.78, 5) is 0. The number of aromatic nitrogens is 1. The fourth-order valence-electron chi connectivity index (χ4n) is 4.42. The third-order valence-corrected chi connectivity index (χ3v) is 6.01. The number of rotatable bonds is 6. The van der Waals surface area contributed by atoms with Crippen molar-refractivity contribution >= 4 is 44.6 Å². The highest BCUT2D eigenvalue weighted by Gasteiger charge is 2.22. The van der Waals surface area contributed by atoms with Crippen molar-refractivity contribution in [2.24, 2.45) is 16.1 Å². The molecule has 0 bridgehead atoms. The van der Waals surface area contributed by atoms with Crippen molar-refractivity contribution in [2.45, 2.75) is 13.5 Å². The minimum Gasteiger partial charge on any atom is -0.399 e. The highest BCUT2D eigenvalue weighted by atomic mass is 15.4. The number of nitrogens with zero attached hydrogens (tertiary/aromatic N) is 3. The Labute approximate surface area is 203 Å². The van der Waals surface area contributed by atoms with Crippen molar-refractivity contribution in [1.82, 2.24) is 0 Å². The molecule has 7 nitrogen and oxygen atoms in total. The van der Waals surface area contributed by atoms with Crippen molar-refractivity contribution in [3.05, 3.63) is 96.6 Å². The number of hydrogen-bond acceptors (Lipinski definition) is 4. The van der Waals surface area contributed by atoms with E-state index in [1.54, 1.807) is 12.1 Å². The summed E-state index contributed by atoms with van der Waals surface area (Å²) >= 11 is 0. The molecular formula is C28H26N7+. The molecule has 0 aliphatic rings. The molecule has 0 saturated heterocycles. The highest BCUT2D eigenvalue weighted by Crippen LogP contribution is 2.34. The fraction of sp³-hybridized carbons (Fsp3) is 0.0714.